The fourth-order valence-electron chi connectivity index (χ4n) is 1.82. The van der Waals surface area contributed by atoms with Crippen LogP contribution in [0.1, 0.15) is 13.3 Å². The van der Waals surface area contributed by atoms with Gasteiger partial charge in [-0.3, -0.25) is 10.1 Å². The number of rotatable bonds is 6. The number of nitrogens with one attached hydrogen (secondary N) is 1. The lowest BCUT2D eigenvalue weighted by Crippen LogP contribution is -2.04. The molecule has 2 aromatic carbocycles. The highest BCUT2D eigenvalue weighted by Crippen LogP contribution is 2.37. The van der Waals surface area contributed by atoms with Gasteiger partial charge in [0.15, 0.2) is 0 Å². The predicted octanol–water partition coefficient (Wildman–Crippen LogP) is 4.81. The Morgan fingerprint density at radius 1 is 1.24 bits per heavy atom. The number of nitro groups is 1. The van der Waals surface area contributed by atoms with E-state index in [2.05, 4.69) is 27.9 Å². The number of hydrogen-bond acceptors (Lipinski definition) is 4. The number of anilines is 1. The van der Waals surface area contributed by atoms with Crippen LogP contribution in [-0.2, 0) is 0 Å². The molecule has 0 aromatic heterocycles. The number of hydrogen-bond donors (Lipinski definition) is 1. The van der Waals surface area contributed by atoms with Gasteiger partial charge in [0, 0.05) is 10.1 Å². The Hall–Kier alpha value is -1.83. The first-order valence-corrected chi connectivity index (χ1v) is 7.64. The van der Waals surface area contributed by atoms with Crippen molar-refractivity contribution >= 4 is 34.0 Å². The molecule has 0 aliphatic carbocycles. The lowest BCUT2D eigenvalue weighted by molar-refractivity contribution is -0.384. The molecule has 0 aliphatic rings. The monoisotopic (exact) mass is 398 g/mol. The van der Waals surface area contributed by atoms with E-state index in [-0.39, 0.29) is 11.4 Å². The molecule has 0 bridgehead atoms. The van der Waals surface area contributed by atoms with E-state index in [1.165, 1.54) is 0 Å². The van der Waals surface area contributed by atoms with Crippen molar-refractivity contribution in [2.45, 2.75) is 13.3 Å². The number of halogens is 1. The van der Waals surface area contributed by atoms with Gasteiger partial charge in [-0.1, -0.05) is 13.0 Å². The molecule has 0 fully saturated rings. The number of para-hydroxylation sites is 1. The summed E-state index contributed by atoms with van der Waals surface area (Å²) < 4.78 is 6.74. The van der Waals surface area contributed by atoms with Crippen molar-refractivity contribution in [1.82, 2.24) is 0 Å². The van der Waals surface area contributed by atoms with Crippen LogP contribution in [0.5, 0.6) is 11.5 Å². The first-order valence-electron chi connectivity index (χ1n) is 6.56. The first-order chi connectivity index (χ1) is 10.1. The zero-order valence-corrected chi connectivity index (χ0v) is 13.7. The zero-order chi connectivity index (χ0) is 15.2. The highest BCUT2D eigenvalue weighted by atomic mass is 127. The van der Waals surface area contributed by atoms with Crippen LogP contribution in [-0.4, -0.2) is 11.5 Å². The van der Waals surface area contributed by atoms with Gasteiger partial charge in [0.1, 0.15) is 11.4 Å². The van der Waals surface area contributed by atoms with Gasteiger partial charge in [-0.05, 0) is 65.4 Å². The van der Waals surface area contributed by atoms with Gasteiger partial charge in [-0.2, -0.15) is 0 Å². The number of benzene rings is 2. The molecule has 0 radical (unpaired) electrons. The number of nitro benzene ring substituents is 1. The van der Waals surface area contributed by atoms with Crippen molar-refractivity contribution in [3.8, 4) is 11.5 Å². The Balaban J connectivity index is 2.33. The first kappa shape index (κ1) is 15.6. The normalized spacial score (nSPS) is 10.2. The maximum atomic E-state index is 11.3. The van der Waals surface area contributed by atoms with E-state index in [1.807, 2.05) is 19.1 Å². The summed E-state index contributed by atoms with van der Waals surface area (Å²) >= 11 is 2.19. The van der Waals surface area contributed by atoms with Crippen molar-refractivity contribution in [1.29, 1.82) is 0 Å². The van der Waals surface area contributed by atoms with Crippen LogP contribution in [0.2, 0.25) is 0 Å². The second-order valence-corrected chi connectivity index (χ2v) is 5.64. The van der Waals surface area contributed by atoms with Gasteiger partial charge in [0.2, 0.25) is 5.75 Å². The summed E-state index contributed by atoms with van der Waals surface area (Å²) in [5.41, 5.74) is 0.439. The third kappa shape index (κ3) is 4.07. The summed E-state index contributed by atoms with van der Waals surface area (Å²) in [4.78, 5) is 10.9. The van der Waals surface area contributed by atoms with Crippen LogP contribution in [0.3, 0.4) is 0 Å². The smallest absolute Gasteiger partial charge is 0.334 e. The van der Waals surface area contributed by atoms with Gasteiger partial charge in [-0.25, -0.2) is 0 Å². The highest BCUT2D eigenvalue weighted by molar-refractivity contribution is 14.1. The highest BCUT2D eigenvalue weighted by Gasteiger charge is 2.21. The van der Waals surface area contributed by atoms with Gasteiger partial charge in [0.05, 0.1) is 4.92 Å². The Kier molecular flexibility index (Phi) is 5.38. The molecule has 21 heavy (non-hydrogen) atoms. The Morgan fingerprint density at radius 2 is 1.95 bits per heavy atom. The van der Waals surface area contributed by atoms with E-state index < -0.39 is 4.92 Å². The average molecular weight is 398 g/mol. The van der Waals surface area contributed by atoms with E-state index in [9.17, 15) is 10.1 Å². The quantitative estimate of drug-likeness (QED) is 0.431. The van der Waals surface area contributed by atoms with Crippen molar-refractivity contribution in [3.05, 3.63) is 56.1 Å². The topological polar surface area (TPSA) is 64.4 Å². The number of ether oxygens (including phenoxy) is 1. The fraction of sp³-hybridized carbons (Fsp3) is 0.200. The Bertz CT molecular complexity index is 629. The molecule has 0 saturated carbocycles. The molecule has 5 nitrogen and oxygen atoms in total. The van der Waals surface area contributed by atoms with E-state index in [4.69, 9.17) is 4.74 Å². The largest absolute Gasteiger partial charge is 0.450 e. The third-order valence-corrected chi connectivity index (χ3v) is 3.51. The maximum Gasteiger partial charge on any atom is 0.334 e. The second-order valence-electron chi connectivity index (χ2n) is 4.39. The van der Waals surface area contributed by atoms with E-state index >= 15 is 0 Å². The van der Waals surface area contributed by atoms with Gasteiger partial charge in [0.25, 0.3) is 0 Å². The minimum Gasteiger partial charge on any atom is -0.450 e. The van der Waals surface area contributed by atoms with Crippen LogP contribution in [0, 0.1) is 13.7 Å². The fourth-order valence-corrected chi connectivity index (χ4v) is 2.18. The van der Waals surface area contributed by atoms with Crippen LogP contribution in [0.25, 0.3) is 0 Å². The van der Waals surface area contributed by atoms with E-state index in [0.717, 1.165) is 9.99 Å². The average Bonchev–Trinajstić information content (AvgIpc) is 2.47. The molecule has 1 N–H and O–H groups in total. The minimum absolute atomic E-state index is 0.0375. The molecule has 2 aromatic rings. The molecule has 0 amide bonds. The lowest BCUT2D eigenvalue weighted by atomic mass is 10.2. The Morgan fingerprint density at radius 3 is 2.57 bits per heavy atom. The molecule has 0 aliphatic heterocycles. The molecule has 0 atom stereocenters. The summed E-state index contributed by atoms with van der Waals surface area (Å²) in [6.45, 7) is 2.68. The van der Waals surface area contributed by atoms with Gasteiger partial charge in [-0.15, -0.1) is 0 Å². The standard InChI is InChI=1S/C15H15IN2O3/c1-2-10-17-13-4-3-5-14(15(13)18(19)20)21-12-8-6-11(16)7-9-12/h3-9,17H,2,10H2,1H3. The van der Waals surface area contributed by atoms with Crippen molar-refractivity contribution in [2.75, 3.05) is 11.9 Å². The number of nitrogens with zero attached hydrogens (tertiary/aromatic N) is 1. The molecule has 110 valence electrons. The van der Waals surface area contributed by atoms with Crippen LogP contribution < -0.4 is 10.1 Å². The van der Waals surface area contributed by atoms with Gasteiger partial charge < -0.3 is 10.1 Å². The predicted molar refractivity (Wildman–Crippen MR) is 91.1 cm³/mol. The Labute approximate surface area is 136 Å². The molecule has 0 saturated heterocycles. The molecule has 0 unspecified atom stereocenters. The zero-order valence-electron chi connectivity index (χ0n) is 11.5. The minimum atomic E-state index is -0.417. The molecule has 0 spiro atoms. The molecular formula is C15H15IN2O3. The van der Waals surface area contributed by atoms with Crippen molar-refractivity contribution in [3.63, 3.8) is 0 Å². The lowest BCUT2D eigenvalue weighted by Gasteiger charge is -2.10. The van der Waals surface area contributed by atoms with E-state index in [0.29, 0.717) is 18.0 Å². The SMILES string of the molecule is CCCNc1cccc(Oc2ccc(I)cc2)c1[N+](=O)[O-]. The summed E-state index contributed by atoms with van der Waals surface area (Å²) in [5.74, 6) is 0.813. The van der Waals surface area contributed by atoms with Crippen molar-refractivity contribution < 1.29 is 9.66 Å². The van der Waals surface area contributed by atoms with Gasteiger partial charge >= 0.3 is 5.69 Å². The van der Waals surface area contributed by atoms with Crippen LogP contribution in [0.4, 0.5) is 11.4 Å². The summed E-state index contributed by atoms with van der Waals surface area (Å²) in [6.07, 6.45) is 0.888. The summed E-state index contributed by atoms with van der Waals surface area (Å²) in [6, 6.07) is 12.4. The summed E-state index contributed by atoms with van der Waals surface area (Å²) in [5, 5.41) is 14.4. The van der Waals surface area contributed by atoms with Crippen LogP contribution in [0.15, 0.2) is 42.5 Å². The van der Waals surface area contributed by atoms with E-state index in [1.54, 1.807) is 30.3 Å². The van der Waals surface area contributed by atoms with Crippen molar-refractivity contribution in [2.24, 2.45) is 0 Å². The molecule has 0 heterocycles. The maximum absolute atomic E-state index is 11.3. The third-order valence-electron chi connectivity index (χ3n) is 2.79. The van der Waals surface area contributed by atoms with Crippen LogP contribution >= 0.6 is 22.6 Å². The second kappa shape index (κ2) is 7.26. The summed E-state index contributed by atoms with van der Waals surface area (Å²) in [7, 11) is 0. The molecule has 2 rings (SSSR count). The molecule has 6 heteroatoms. The molecular weight excluding hydrogens is 383 g/mol.